The summed E-state index contributed by atoms with van der Waals surface area (Å²) in [4.78, 5) is 7.25. The monoisotopic (exact) mass is 527 g/mol. The van der Waals surface area contributed by atoms with Crippen molar-refractivity contribution >= 4 is 20.8 Å². The minimum Gasteiger partial charge on any atom is -0.759 e. The molecule has 0 aromatic carbocycles. The molecule has 0 aromatic rings. The van der Waals surface area contributed by atoms with Gasteiger partial charge in [0.15, 0.2) is 0 Å². The Morgan fingerprint density at radius 1 is 0.900 bits per heavy atom. The summed E-state index contributed by atoms with van der Waals surface area (Å²) in [6, 6.07) is 1.75. The van der Waals surface area contributed by atoms with Crippen molar-refractivity contribution in [2.24, 2.45) is 0 Å². The first-order chi connectivity index (χ1) is 6.41. The van der Waals surface area contributed by atoms with E-state index in [2.05, 4.69) is 0 Å². The Labute approximate surface area is 130 Å². The van der Waals surface area contributed by atoms with Crippen molar-refractivity contribution in [2.75, 3.05) is 0 Å². The SMILES string of the molecule is CC#N.N.N.N.N.O=S(=O)([O-])O.O=S(=O)([O-])[O-].[N]=O.[Pt]. The summed E-state index contributed by atoms with van der Waals surface area (Å²) in [5, 5.41) is 7.32. The molecule has 15 nitrogen and oxygen atoms in total. The second-order valence-electron chi connectivity index (χ2n) is 1.06. The topological polar surface area (TPSA) is 361 Å². The van der Waals surface area contributed by atoms with E-state index in [4.69, 9.17) is 50.8 Å². The van der Waals surface area contributed by atoms with Gasteiger partial charge in [-0.1, -0.05) is 0 Å². The Balaban J connectivity index is -0.0000000111. The summed E-state index contributed by atoms with van der Waals surface area (Å²) < 4.78 is 66.9. The van der Waals surface area contributed by atoms with Gasteiger partial charge in [0.2, 0.25) is 10.4 Å². The second-order valence-corrected chi connectivity index (χ2v) is 2.73. The summed E-state index contributed by atoms with van der Waals surface area (Å²) in [6.45, 7) is 1.43. The Bertz CT molecular complexity index is 316. The van der Waals surface area contributed by atoms with Crippen LogP contribution in [0, 0.1) is 16.2 Å². The van der Waals surface area contributed by atoms with Gasteiger partial charge < -0.3 is 38.3 Å². The van der Waals surface area contributed by atoms with Crippen molar-refractivity contribution < 1.29 is 56.1 Å². The standard InChI is InChI=1S/C2H3N.NO.4H3N.2H2O4S.Pt/c1-2-3;1-2;;;;;2*1-5(2,3)4;/h1H3;;4*1H3;2*(H2,1,2,3,4);/p-3. The summed E-state index contributed by atoms with van der Waals surface area (Å²) in [6.07, 6.45) is 0. The zero-order valence-corrected chi connectivity index (χ0v) is 14.0. The van der Waals surface area contributed by atoms with Crippen LogP contribution in [0.1, 0.15) is 6.92 Å². The third-order valence-corrected chi connectivity index (χ3v) is 0. The smallest absolute Gasteiger partial charge is 0.215 e. The van der Waals surface area contributed by atoms with Crippen molar-refractivity contribution in [1.29, 1.82) is 5.26 Å². The number of hydrogen-bond donors (Lipinski definition) is 5. The molecule has 0 heterocycles. The molecule has 0 spiro atoms. The van der Waals surface area contributed by atoms with Gasteiger partial charge in [0.1, 0.15) is 5.59 Å². The third-order valence-electron chi connectivity index (χ3n) is 0. The number of nitriles is 1. The molecular weight excluding hydrogens is 511 g/mol. The van der Waals surface area contributed by atoms with Crippen LogP contribution in [-0.2, 0) is 41.9 Å². The first-order valence-corrected chi connectivity index (χ1v) is 4.95. The van der Waals surface area contributed by atoms with E-state index < -0.39 is 20.8 Å². The van der Waals surface area contributed by atoms with Gasteiger partial charge in [-0.15, -0.1) is 4.91 Å². The predicted molar refractivity (Wildman–Crippen MR) is 59.7 cm³/mol. The van der Waals surface area contributed by atoms with Crippen molar-refractivity contribution in [3.05, 3.63) is 4.91 Å². The maximum absolute atomic E-state index is 8.63. The molecule has 0 amide bonds. The maximum atomic E-state index is 8.63. The molecule has 0 aromatic heterocycles. The van der Waals surface area contributed by atoms with Crippen LogP contribution in [0.2, 0.25) is 0 Å². The van der Waals surface area contributed by atoms with Gasteiger partial charge in [-0.3, -0.25) is 13.0 Å². The van der Waals surface area contributed by atoms with Crippen LogP contribution < -0.4 is 30.2 Å². The molecule has 0 unspecified atom stereocenters. The van der Waals surface area contributed by atoms with Crippen LogP contribution >= 0.6 is 0 Å². The summed E-state index contributed by atoms with van der Waals surface area (Å²) >= 11 is 0. The number of nitrogens with zero attached hydrogens (tertiary/aromatic N) is 2. The fraction of sp³-hybridized carbons (Fsp3) is 0.500. The number of rotatable bonds is 0. The van der Waals surface area contributed by atoms with Gasteiger partial charge in [-0.25, -0.2) is 8.42 Å². The first-order valence-electron chi connectivity index (χ1n) is 2.26. The van der Waals surface area contributed by atoms with Gasteiger partial charge in [0.25, 0.3) is 0 Å². The molecule has 0 aliphatic rings. The first kappa shape index (κ1) is 60.8. The molecule has 0 fully saturated rings. The average Bonchev–Trinajstić information content (AvgIpc) is 1.84. The molecule has 0 aliphatic heterocycles. The molecule has 0 saturated carbocycles. The predicted octanol–water partition coefficient (Wildman–Crippen LogP) is -1.61. The molecule has 20 heavy (non-hydrogen) atoms. The van der Waals surface area contributed by atoms with E-state index in [1.807, 2.05) is 0 Å². The summed E-state index contributed by atoms with van der Waals surface area (Å²) in [7, 11) is -10.1. The largest absolute Gasteiger partial charge is 0.759 e. The fourth-order valence-corrected chi connectivity index (χ4v) is 0. The Morgan fingerprint density at radius 3 is 0.900 bits per heavy atom. The van der Waals surface area contributed by atoms with Crippen LogP contribution in [0.15, 0.2) is 0 Å². The minimum absolute atomic E-state index is 0. The minimum atomic E-state index is -5.17. The van der Waals surface area contributed by atoms with Gasteiger partial charge >= 0.3 is 0 Å². The quantitative estimate of drug-likeness (QED) is 0.175. The summed E-state index contributed by atoms with van der Waals surface area (Å²) in [5.41, 5.74) is 5.75. The molecule has 0 atom stereocenters. The van der Waals surface area contributed by atoms with Crippen LogP contribution in [0.3, 0.4) is 0 Å². The fourth-order valence-electron chi connectivity index (χ4n) is 0. The molecule has 0 aliphatic carbocycles. The molecule has 0 saturated heterocycles. The van der Waals surface area contributed by atoms with E-state index in [0.29, 0.717) is 0 Å². The molecule has 133 valence electrons. The van der Waals surface area contributed by atoms with Crippen LogP contribution in [0.5, 0.6) is 0 Å². The van der Waals surface area contributed by atoms with Crippen LogP contribution in [0.25, 0.3) is 0 Å². The molecule has 0 rings (SSSR count). The van der Waals surface area contributed by atoms with Crippen molar-refractivity contribution in [3.8, 4) is 6.07 Å². The van der Waals surface area contributed by atoms with E-state index in [9.17, 15) is 0 Å². The Morgan fingerprint density at radius 2 is 0.900 bits per heavy atom. The van der Waals surface area contributed by atoms with Gasteiger partial charge in [0.05, 0.1) is 6.07 Å². The van der Waals surface area contributed by atoms with Crippen molar-refractivity contribution in [3.63, 3.8) is 0 Å². The third kappa shape index (κ3) is 11300. The normalized spacial score (nSPS) is 6.40. The van der Waals surface area contributed by atoms with Crippen LogP contribution in [-0.4, -0.2) is 35.0 Å². The molecule has 0 bridgehead atoms. The zero-order valence-electron chi connectivity index (χ0n) is 10.1. The maximum Gasteiger partial charge on any atom is 0.215 e. The van der Waals surface area contributed by atoms with Crippen molar-refractivity contribution in [1.82, 2.24) is 30.2 Å². The molecule has 13 N–H and O–H groups in total. The van der Waals surface area contributed by atoms with Gasteiger partial charge in [-0.2, -0.15) is 5.26 Å². The average molecular weight is 527 g/mol. The number of hydrogen-bond acceptors (Lipinski definition) is 13. The van der Waals surface area contributed by atoms with Gasteiger partial charge in [0, 0.05) is 38.4 Å². The van der Waals surface area contributed by atoms with Crippen LogP contribution in [0.4, 0.5) is 0 Å². The summed E-state index contributed by atoms with van der Waals surface area (Å²) in [5.74, 6) is 0. The molecule has 18 heteroatoms. The van der Waals surface area contributed by atoms with E-state index in [1.165, 1.54) is 6.92 Å². The second kappa shape index (κ2) is 36.2. The zero-order chi connectivity index (χ0) is 13.7. The van der Waals surface area contributed by atoms with E-state index >= 15 is 0 Å². The van der Waals surface area contributed by atoms with E-state index in [0.717, 1.165) is 0 Å². The van der Waals surface area contributed by atoms with Crippen molar-refractivity contribution in [2.45, 2.75) is 6.92 Å². The number of nitroso groups, excluding NO2 is 1. The van der Waals surface area contributed by atoms with Gasteiger partial charge in [-0.05, 0) is 0 Å². The van der Waals surface area contributed by atoms with E-state index in [1.54, 1.807) is 6.07 Å². The Kier molecular flexibility index (Phi) is 110. The Hall–Kier alpha value is -0.642. The molecular formula is C2H16N6O9PtS2-3. The molecule has 1 radical (unpaired) electrons. The van der Waals surface area contributed by atoms with E-state index in [-0.39, 0.29) is 45.7 Å².